The van der Waals surface area contributed by atoms with E-state index in [1.165, 1.54) is 11.3 Å². The highest BCUT2D eigenvalue weighted by Crippen LogP contribution is 2.10. The van der Waals surface area contributed by atoms with Crippen LogP contribution in [0.3, 0.4) is 0 Å². The van der Waals surface area contributed by atoms with Gasteiger partial charge in [-0.3, -0.25) is 15.0 Å². The van der Waals surface area contributed by atoms with Gasteiger partial charge in [-0.15, -0.1) is 11.3 Å². The van der Waals surface area contributed by atoms with Crippen molar-refractivity contribution < 1.29 is 9.59 Å². The molecule has 0 atom stereocenters. The highest BCUT2D eigenvalue weighted by molar-refractivity contribution is 7.09. The molecule has 2 amide bonds. The van der Waals surface area contributed by atoms with Crippen LogP contribution in [0, 0.1) is 6.92 Å². The first kappa shape index (κ1) is 10.6. The fourth-order valence-corrected chi connectivity index (χ4v) is 1.52. The Hall–Kier alpha value is -1.47. The summed E-state index contributed by atoms with van der Waals surface area (Å²) in [5.41, 5.74) is 4.28. The van der Waals surface area contributed by atoms with Crippen LogP contribution in [0.5, 0.6) is 0 Å². The van der Waals surface area contributed by atoms with Gasteiger partial charge in [-0.25, -0.2) is 10.8 Å². The maximum absolute atomic E-state index is 11.0. The van der Waals surface area contributed by atoms with Crippen LogP contribution in [-0.2, 0) is 16.1 Å². The summed E-state index contributed by atoms with van der Waals surface area (Å²) in [4.78, 5) is 26.6. The van der Waals surface area contributed by atoms with Gasteiger partial charge in [0.15, 0.2) is 0 Å². The molecule has 0 aliphatic heterocycles. The molecular formula is C7H10N4O2S. The van der Waals surface area contributed by atoms with E-state index in [2.05, 4.69) is 10.3 Å². The minimum atomic E-state index is -0.854. The maximum atomic E-state index is 11.0. The van der Waals surface area contributed by atoms with E-state index in [1.54, 1.807) is 10.9 Å². The lowest BCUT2D eigenvalue weighted by molar-refractivity contribution is -0.139. The average molecular weight is 214 g/mol. The predicted molar refractivity (Wildman–Crippen MR) is 51.0 cm³/mol. The summed E-state index contributed by atoms with van der Waals surface area (Å²) in [7, 11) is 0. The van der Waals surface area contributed by atoms with Crippen molar-refractivity contribution in [3.8, 4) is 0 Å². The van der Waals surface area contributed by atoms with E-state index in [9.17, 15) is 9.59 Å². The summed E-state index contributed by atoms with van der Waals surface area (Å²) in [5, 5.41) is 2.42. The topological polar surface area (TPSA) is 97.1 Å². The zero-order valence-corrected chi connectivity index (χ0v) is 8.35. The Morgan fingerprint density at radius 3 is 2.79 bits per heavy atom. The number of nitrogens with zero attached hydrogens (tertiary/aromatic N) is 1. The number of carbonyl (C=O) groups is 2. The Bertz CT molecular complexity index is 349. The zero-order valence-electron chi connectivity index (χ0n) is 7.53. The molecule has 1 rings (SSSR count). The Kier molecular flexibility index (Phi) is 3.55. The van der Waals surface area contributed by atoms with Gasteiger partial charge in [-0.1, -0.05) is 0 Å². The Morgan fingerprint density at radius 2 is 2.29 bits per heavy atom. The molecule has 1 aromatic heterocycles. The van der Waals surface area contributed by atoms with Gasteiger partial charge >= 0.3 is 11.8 Å². The SMILES string of the molecule is Cc1ncsc1CNC(=O)C(=O)NN. The van der Waals surface area contributed by atoms with Gasteiger partial charge in [-0.2, -0.15) is 0 Å². The van der Waals surface area contributed by atoms with E-state index < -0.39 is 11.8 Å². The van der Waals surface area contributed by atoms with Crippen LogP contribution < -0.4 is 16.6 Å². The van der Waals surface area contributed by atoms with Crippen molar-refractivity contribution in [2.75, 3.05) is 0 Å². The predicted octanol–water partition coefficient (Wildman–Crippen LogP) is -0.942. The van der Waals surface area contributed by atoms with Crippen molar-refractivity contribution in [1.82, 2.24) is 15.7 Å². The monoisotopic (exact) mass is 214 g/mol. The number of carbonyl (C=O) groups excluding carboxylic acids is 2. The van der Waals surface area contributed by atoms with Gasteiger partial charge in [-0.05, 0) is 6.92 Å². The Labute approximate surface area is 84.5 Å². The van der Waals surface area contributed by atoms with Gasteiger partial charge in [0, 0.05) is 4.88 Å². The minimum Gasteiger partial charge on any atom is -0.343 e. The fourth-order valence-electron chi connectivity index (χ4n) is 0.802. The van der Waals surface area contributed by atoms with Gasteiger partial charge in [0.05, 0.1) is 17.7 Å². The van der Waals surface area contributed by atoms with Crippen LogP contribution in [-0.4, -0.2) is 16.8 Å². The van der Waals surface area contributed by atoms with Crippen LogP contribution >= 0.6 is 11.3 Å². The van der Waals surface area contributed by atoms with E-state index in [-0.39, 0.29) is 0 Å². The molecule has 0 fully saturated rings. The summed E-state index contributed by atoms with van der Waals surface area (Å²) in [6, 6.07) is 0. The number of nitrogens with one attached hydrogen (secondary N) is 2. The number of hydrogen-bond donors (Lipinski definition) is 3. The third-order valence-corrected chi connectivity index (χ3v) is 2.53. The third kappa shape index (κ3) is 2.51. The maximum Gasteiger partial charge on any atom is 0.323 e. The third-order valence-electron chi connectivity index (χ3n) is 1.59. The highest BCUT2D eigenvalue weighted by Gasteiger charge is 2.11. The first-order valence-corrected chi connectivity index (χ1v) is 4.71. The lowest BCUT2D eigenvalue weighted by Gasteiger charge is -2.01. The normalized spacial score (nSPS) is 9.57. The lowest BCUT2D eigenvalue weighted by Crippen LogP contribution is -2.42. The second-order valence-electron chi connectivity index (χ2n) is 2.52. The van der Waals surface area contributed by atoms with Crippen molar-refractivity contribution >= 4 is 23.2 Å². The van der Waals surface area contributed by atoms with Crippen molar-refractivity contribution in [2.45, 2.75) is 13.5 Å². The first-order chi connectivity index (χ1) is 6.65. The summed E-state index contributed by atoms with van der Waals surface area (Å²) in [6.45, 7) is 2.13. The second kappa shape index (κ2) is 4.68. The summed E-state index contributed by atoms with van der Waals surface area (Å²) in [5.74, 6) is 3.18. The molecule has 0 spiro atoms. The molecule has 1 heterocycles. The number of hydrazine groups is 1. The Balaban J connectivity index is 2.45. The quantitative estimate of drug-likeness (QED) is 0.256. The number of aromatic nitrogens is 1. The van der Waals surface area contributed by atoms with Crippen LogP contribution in [0.4, 0.5) is 0 Å². The lowest BCUT2D eigenvalue weighted by atomic mass is 10.4. The van der Waals surface area contributed by atoms with E-state index in [4.69, 9.17) is 5.84 Å². The number of thiazole rings is 1. The van der Waals surface area contributed by atoms with Crippen LogP contribution in [0.25, 0.3) is 0 Å². The molecule has 0 radical (unpaired) electrons. The molecule has 1 aromatic rings. The van der Waals surface area contributed by atoms with Gasteiger partial charge in [0.1, 0.15) is 0 Å². The van der Waals surface area contributed by atoms with Crippen molar-refractivity contribution in [3.05, 3.63) is 16.1 Å². The second-order valence-corrected chi connectivity index (χ2v) is 3.46. The molecule has 0 aliphatic rings. The largest absolute Gasteiger partial charge is 0.343 e. The number of rotatable bonds is 2. The number of amides is 2. The van der Waals surface area contributed by atoms with E-state index in [0.717, 1.165) is 10.6 Å². The van der Waals surface area contributed by atoms with Gasteiger partial charge in [0.25, 0.3) is 0 Å². The van der Waals surface area contributed by atoms with Crippen molar-refractivity contribution in [3.63, 3.8) is 0 Å². The van der Waals surface area contributed by atoms with E-state index >= 15 is 0 Å². The fraction of sp³-hybridized carbons (Fsp3) is 0.286. The number of hydrogen-bond acceptors (Lipinski definition) is 5. The highest BCUT2D eigenvalue weighted by atomic mass is 32.1. The molecule has 0 aromatic carbocycles. The summed E-state index contributed by atoms with van der Waals surface area (Å²) in [6.07, 6.45) is 0. The molecule has 0 bridgehead atoms. The smallest absolute Gasteiger partial charge is 0.323 e. The zero-order chi connectivity index (χ0) is 10.6. The molecule has 0 saturated carbocycles. The van der Waals surface area contributed by atoms with Crippen LogP contribution in [0.15, 0.2) is 5.51 Å². The van der Waals surface area contributed by atoms with Crippen molar-refractivity contribution in [2.24, 2.45) is 5.84 Å². The average Bonchev–Trinajstić information content (AvgIpc) is 2.59. The molecule has 0 unspecified atom stereocenters. The standard InChI is InChI=1S/C7H10N4O2S/c1-4-5(14-3-10-4)2-9-6(12)7(13)11-8/h3H,2,8H2,1H3,(H,9,12)(H,11,13). The van der Waals surface area contributed by atoms with E-state index in [1.807, 2.05) is 6.92 Å². The Morgan fingerprint density at radius 1 is 1.57 bits per heavy atom. The van der Waals surface area contributed by atoms with Crippen LogP contribution in [0.1, 0.15) is 10.6 Å². The van der Waals surface area contributed by atoms with Crippen molar-refractivity contribution in [1.29, 1.82) is 0 Å². The number of aryl methyl sites for hydroxylation is 1. The molecule has 0 aliphatic carbocycles. The van der Waals surface area contributed by atoms with Gasteiger partial charge in [0.2, 0.25) is 0 Å². The summed E-state index contributed by atoms with van der Waals surface area (Å²) >= 11 is 1.42. The summed E-state index contributed by atoms with van der Waals surface area (Å²) < 4.78 is 0. The molecule has 0 saturated heterocycles. The van der Waals surface area contributed by atoms with E-state index in [0.29, 0.717) is 6.54 Å². The molecule has 14 heavy (non-hydrogen) atoms. The molecular weight excluding hydrogens is 204 g/mol. The minimum absolute atomic E-state index is 0.294. The molecule has 6 nitrogen and oxygen atoms in total. The molecule has 7 heteroatoms. The van der Waals surface area contributed by atoms with Gasteiger partial charge < -0.3 is 5.32 Å². The number of nitrogens with two attached hydrogens (primary N) is 1. The first-order valence-electron chi connectivity index (χ1n) is 3.83. The molecule has 4 N–H and O–H groups in total. The molecule has 76 valence electrons. The van der Waals surface area contributed by atoms with Crippen LogP contribution in [0.2, 0.25) is 0 Å².